The molecule has 1 atom stereocenters. The van der Waals surface area contributed by atoms with Crippen LogP contribution < -0.4 is 5.32 Å². The van der Waals surface area contributed by atoms with Gasteiger partial charge >= 0.3 is 5.97 Å². The minimum Gasteiger partial charge on any atom is -0.458 e. The first-order valence-electron chi connectivity index (χ1n) is 6.38. The van der Waals surface area contributed by atoms with Crippen molar-refractivity contribution in [3.8, 4) is 0 Å². The van der Waals surface area contributed by atoms with Crippen LogP contribution in [0.5, 0.6) is 0 Å². The minimum absolute atomic E-state index is 0.00819. The predicted octanol–water partition coefficient (Wildman–Crippen LogP) is 2.52. The van der Waals surface area contributed by atoms with E-state index in [1.807, 2.05) is 55.4 Å². The Labute approximate surface area is 110 Å². The van der Waals surface area contributed by atoms with Gasteiger partial charge in [-0.05, 0) is 26.7 Å². The van der Waals surface area contributed by atoms with Gasteiger partial charge in [0.15, 0.2) is 0 Å². The van der Waals surface area contributed by atoms with Crippen LogP contribution in [0.15, 0.2) is 0 Å². The molecule has 0 aromatic rings. The second-order valence-electron chi connectivity index (χ2n) is 6.98. The molecule has 0 aliphatic heterocycles. The lowest BCUT2D eigenvalue weighted by atomic mass is 9.94. The van der Waals surface area contributed by atoms with Crippen LogP contribution in [0.25, 0.3) is 0 Å². The van der Waals surface area contributed by atoms with Crippen molar-refractivity contribution in [3.05, 3.63) is 0 Å². The van der Waals surface area contributed by atoms with E-state index in [2.05, 4.69) is 5.32 Å². The Morgan fingerprint density at radius 2 is 1.44 bits per heavy atom. The molecule has 0 aliphatic rings. The van der Waals surface area contributed by atoms with Gasteiger partial charge in [-0.15, -0.1) is 0 Å². The summed E-state index contributed by atoms with van der Waals surface area (Å²) in [7, 11) is 0. The summed E-state index contributed by atoms with van der Waals surface area (Å²) in [4.78, 5) is 24.0. The van der Waals surface area contributed by atoms with Gasteiger partial charge in [0.1, 0.15) is 11.6 Å². The van der Waals surface area contributed by atoms with Gasteiger partial charge in [0.25, 0.3) is 0 Å². The zero-order valence-corrected chi connectivity index (χ0v) is 12.9. The fourth-order valence-corrected chi connectivity index (χ4v) is 1.22. The highest BCUT2D eigenvalue weighted by Gasteiger charge is 2.32. The first-order valence-corrected chi connectivity index (χ1v) is 6.38. The second kappa shape index (κ2) is 5.72. The average Bonchev–Trinajstić information content (AvgIpc) is 2.07. The molecule has 4 heteroatoms. The van der Waals surface area contributed by atoms with Crippen LogP contribution in [0, 0.1) is 11.3 Å². The summed E-state index contributed by atoms with van der Waals surface area (Å²) in [6.45, 7) is 14.7. The summed E-state index contributed by atoms with van der Waals surface area (Å²) < 4.78 is 5.32. The van der Waals surface area contributed by atoms with Gasteiger partial charge in [0.2, 0.25) is 5.91 Å². The SMILES string of the molecule is CC(C)[C@@H](NC(=O)C(C)(C)C)C(=O)OC(C)(C)C. The van der Waals surface area contributed by atoms with Crippen LogP contribution in [-0.4, -0.2) is 23.5 Å². The Balaban J connectivity index is 4.79. The van der Waals surface area contributed by atoms with Gasteiger partial charge in [-0.25, -0.2) is 4.79 Å². The molecule has 1 amide bonds. The smallest absolute Gasteiger partial charge is 0.329 e. The number of carbonyl (C=O) groups excluding carboxylic acids is 2. The third-order valence-electron chi connectivity index (χ3n) is 2.30. The highest BCUT2D eigenvalue weighted by Crippen LogP contribution is 2.16. The van der Waals surface area contributed by atoms with Crippen LogP contribution in [-0.2, 0) is 14.3 Å². The lowest BCUT2D eigenvalue weighted by Gasteiger charge is -2.28. The molecule has 106 valence electrons. The number of hydrogen-bond donors (Lipinski definition) is 1. The maximum atomic E-state index is 12.0. The minimum atomic E-state index is -0.601. The molecule has 18 heavy (non-hydrogen) atoms. The predicted molar refractivity (Wildman–Crippen MR) is 72.1 cm³/mol. The Kier molecular flexibility index (Phi) is 5.38. The normalized spacial score (nSPS) is 14.3. The number of carbonyl (C=O) groups is 2. The Hall–Kier alpha value is -1.06. The third-order valence-corrected chi connectivity index (χ3v) is 2.30. The summed E-state index contributed by atoms with van der Waals surface area (Å²) in [5, 5.41) is 2.77. The summed E-state index contributed by atoms with van der Waals surface area (Å²) >= 11 is 0. The molecule has 0 aliphatic carbocycles. The molecule has 0 unspecified atom stereocenters. The standard InChI is InChI=1S/C14H27NO3/c1-9(2)10(11(16)18-14(6,7)8)15-12(17)13(3,4)5/h9-10H,1-8H3,(H,15,17)/t10-/m1/s1. The molecule has 0 heterocycles. The van der Waals surface area contributed by atoms with Crippen molar-refractivity contribution >= 4 is 11.9 Å². The first-order chi connectivity index (χ1) is 7.84. The first kappa shape index (κ1) is 16.9. The molecular weight excluding hydrogens is 230 g/mol. The molecule has 0 rings (SSSR count). The number of hydrogen-bond acceptors (Lipinski definition) is 3. The van der Waals surface area contributed by atoms with Crippen molar-refractivity contribution in [2.24, 2.45) is 11.3 Å². The Morgan fingerprint density at radius 3 is 1.72 bits per heavy atom. The summed E-state index contributed by atoms with van der Waals surface area (Å²) in [6, 6.07) is -0.601. The van der Waals surface area contributed by atoms with E-state index in [9.17, 15) is 9.59 Å². The maximum absolute atomic E-state index is 12.0. The highest BCUT2D eigenvalue weighted by molar-refractivity contribution is 5.87. The number of esters is 1. The molecule has 0 fully saturated rings. The zero-order valence-electron chi connectivity index (χ0n) is 12.9. The van der Waals surface area contributed by atoms with Crippen molar-refractivity contribution in [1.29, 1.82) is 0 Å². The maximum Gasteiger partial charge on any atom is 0.329 e. The van der Waals surface area contributed by atoms with Gasteiger partial charge in [-0.3, -0.25) is 4.79 Å². The highest BCUT2D eigenvalue weighted by atomic mass is 16.6. The molecule has 0 spiro atoms. The summed E-state index contributed by atoms with van der Waals surface area (Å²) in [5.41, 5.74) is -1.06. The van der Waals surface area contributed by atoms with E-state index >= 15 is 0 Å². The van der Waals surface area contributed by atoms with Crippen LogP contribution in [0.4, 0.5) is 0 Å². The van der Waals surface area contributed by atoms with E-state index in [1.165, 1.54) is 0 Å². The van der Waals surface area contributed by atoms with E-state index in [4.69, 9.17) is 4.74 Å². The van der Waals surface area contributed by atoms with Crippen molar-refractivity contribution < 1.29 is 14.3 Å². The largest absolute Gasteiger partial charge is 0.458 e. The molecule has 0 bridgehead atoms. The average molecular weight is 257 g/mol. The monoisotopic (exact) mass is 257 g/mol. The van der Waals surface area contributed by atoms with Gasteiger partial charge in [0.05, 0.1) is 0 Å². The lowest BCUT2D eigenvalue weighted by molar-refractivity contribution is -0.160. The molecule has 4 nitrogen and oxygen atoms in total. The molecule has 0 radical (unpaired) electrons. The zero-order chi connectivity index (χ0) is 14.7. The summed E-state index contributed by atoms with van der Waals surface area (Å²) in [5.74, 6) is -0.534. The van der Waals surface area contributed by atoms with Gasteiger partial charge < -0.3 is 10.1 Å². The molecular formula is C14H27NO3. The second-order valence-corrected chi connectivity index (χ2v) is 6.98. The van der Waals surface area contributed by atoms with E-state index in [0.29, 0.717) is 0 Å². The van der Waals surface area contributed by atoms with Gasteiger partial charge in [0, 0.05) is 5.41 Å². The van der Waals surface area contributed by atoms with Gasteiger partial charge in [-0.1, -0.05) is 34.6 Å². The summed E-state index contributed by atoms with van der Waals surface area (Å²) in [6.07, 6.45) is 0. The van der Waals surface area contributed by atoms with Crippen molar-refractivity contribution in [2.75, 3.05) is 0 Å². The lowest BCUT2D eigenvalue weighted by Crippen LogP contribution is -2.50. The van der Waals surface area contributed by atoms with Crippen molar-refractivity contribution in [1.82, 2.24) is 5.32 Å². The Morgan fingerprint density at radius 1 is 1.00 bits per heavy atom. The number of nitrogens with one attached hydrogen (secondary N) is 1. The fraction of sp³-hybridized carbons (Fsp3) is 0.857. The van der Waals surface area contributed by atoms with E-state index in [0.717, 1.165) is 0 Å². The number of ether oxygens (including phenoxy) is 1. The number of rotatable bonds is 3. The van der Waals surface area contributed by atoms with Crippen LogP contribution in [0.3, 0.4) is 0 Å². The topological polar surface area (TPSA) is 55.4 Å². The van der Waals surface area contributed by atoms with Crippen LogP contribution in [0.1, 0.15) is 55.4 Å². The van der Waals surface area contributed by atoms with Crippen molar-refractivity contribution in [2.45, 2.75) is 67.0 Å². The molecule has 0 saturated heterocycles. The molecule has 0 saturated carbocycles. The Bertz CT molecular complexity index is 308. The molecule has 0 aromatic carbocycles. The molecule has 1 N–H and O–H groups in total. The van der Waals surface area contributed by atoms with Crippen LogP contribution >= 0.6 is 0 Å². The van der Waals surface area contributed by atoms with E-state index in [1.54, 1.807) is 0 Å². The van der Waals surface area contributed by atoms with Crippen LogP contribution in [0.2, 0.25) is 0 Å². The fourth-order valence-electron chi connectivity index (χ4n) is 1.22. The van der Waals surface area contributed by atoms with Crippen molar-refractivity contribution in [3.63, 3.8) is 0 Å². The van der Waals surface area contributed by atoms with E-state index in [-0.39, 0.29) is 17.8 Å². The third kappa shape index (κ3) is 6.03. The van der Waals surface area contributed by atoms with E-state index < -0.39 is 17.1 Å². The quantitative estimate of drug-likeness (QED) is 0.790. The number of amides is 1. The van der Waals surface area contributed by atoms with Gasteiger partial charge in [-0.2, -0.15) is 0 Å². The molecule has 0 aromatic heterocycles.